The summed E-state index contributed by atoms with van der Waals surface area (Å²) in [4.78, 5) is 14.7. The maximum atomic E-state index is 12.4. The summed E-state index contributed by atoms with van der Waals surface area (Å²) in [5.41, 5.74) is 1.57. The highest BCUT2D eigenvalue weighted by Crippen LogP contribution is 2.23. The first-order chi connectivity index (χ1) is 17.7. The molecule has 0 spiro atoms. The Bertz CT molecular complexity index is 1150. The van der Waals surface area contributed by atoms with Crippen molar-refractivity contribution in [2.45, 2.75) is 58.1 Å². The highest BCUT2D eigenvalue weighted by molar-refractivity contribution is 5.91. The number of nitrogens with zero attached hydrogens (tertiary/aromatic N) is 7. The van der Waals surface area contributed by atoms with E-state index in [0.717, 1.165) is 44.6 Å². The Morgan fingerprint density at radius 1 is 1.11 bits per heavy atom. The highest BCUT2D eigenvalue weighted by Gasteiger charge is 2.31. The van der Waals surface area contributed by atoms with Gasteiger partial charge in [0.2, 0.25) is 0 Å². The fraction of sp³-hybridized carbons (Fsp3) is 0.542. The minimum Gasteiger partial charge on any atom is -0.406 e. The molecule has 13 heteroatoms. The molecule has 3 aromatic rings. The molecule has 4 rings (SSSR count). The number of nitrogens with one attached hydrogen (secondary N) is 1. The minimum absolute atomic E-state index is 0.0270. The zero-order chi connectivity index (χ0) is 26.3. The molecule has 0 bridgehead atoms. The van der Waals surface area contributed by atoms with E-state index in [1.165, 1.54) is 31.0 Å². The number of carbonyl (C=O) groups is 1. The van der Waals surface area contributed by atoms with E-state index in [0.29, 0.717) is 18.0 Å². The standard InChI is InChI=1S/C24H31F3N8O2/c1-33-11-8-18(9-12-33)15-35-16-20(29-31-35)6-2-3-10-34-17-22(30-32-34)23(36)28-14-19-5-4-7-21(13-19)37-24(25,26)27/h4-5,7,13,16-18H,2-3,6,8-12,14-15H2,1H3,(H,28,36). The molecule has 0 unspecified atom stereocenters. The number of aromatic nitrogens is 6. The van der Waals surface area contributed by atoms with Gasteiger partial charge in [-0.15, -0.1) is 23.4 Å². The number of rotatable bonds is 11. The van der Waals surface area contributed by atoms with Crippen molar-refractivity contribution in [3.8, 4) is 5.75 Å². The summed E-state index contributed by atoms with van der Waals surface area (Å²) < 4.78 is 44.6. The Balaban J connectivity index is 1.16. The molecule has 1 aliphatic heterocycles. The van der Waals surface area contributed by atoms with Crippen LogP contribution in [0.5, 0.6) is 5.75 Å². The topological polar surface area (TPSA) is 103 Å². The van der Waals surface area contributed by atoms with E-state index in [2.05, 4.69) is 42.6 Å². The summed E-state index contributed by atoms with van der Waals surface area (Å²) in [6, 6.07) is 5.43. The van der Waals surface area contributed by atoms with Crippen molar-refractivity contribution in [1.29, 1.82) is 0 Å². The third-order valence-electron chi connectivity index (χ3n) is 6.30. The predicted molar refractivity (Wildman–Crippen MR) is 127 cm³/mol. The number of hydrogen-bond acceptors (Lipinski definition) is 7. The van der Waals surface area contributed by atoms with Gasteiger partial charge in [-0.25, -0.2) is 0 Å². The summed E-state index contributed by atoms with van der Waals surface area (Å²) in [6.07, 6.45) is 3.72. The second kappa shape index (κ2) is 12.2. The monoisotopic (exact) mass is 520 g/mol. The van der Waals surface area contributed by atoms with Gasteiger partial charge in [-0.05, 0) is 75.9 Å². The number of likely N-dealkylation sites (tertiary alicyclic amines) is 1. The molecule has 1 N–H and O–H groups in total. The third-order valence-corrected chi connectivity index (χ3v) is 6.30. The Morgan fingerprint density at radius 3 is 2.68 bits per heavy atom. The van der Waals surface area contributed by atoms with Crippen LogP contribution >= 0.6 is 0 Å². The van der Waals surface area contributed by atoms with Crippen LogP contribution in [0.1, 0.15) is 47.4 Å². The molecular formula is C24H31F3N8O2. The van der Waals surface area contributed by atoms with E-state index in [1.54, 1.807) is 16.9 Å². The normalized spacial score (nSPS) is 15.1. The maximum absolute atomic E-state index is 12.4. The Kier molecular flexibility index (Phi) is 8.74. The average molecular weight is 521 g/mol. The number of carbonyl (C=O) groups excluding carboxylic acids is 1. The maximum Gasteiger partial charge on any atom is 0.573 e. The molecule has 37 heavy (non-hydrogen) atoms. The lowest BCUT2D eigenvalue weighted by Gasteiger charge is -2.28. The third kappa shape index (κ3) is 8.55. The van der Waals surface area contributed by atoms with E-state index in [1.807, 2.05) is 10.9 Å². The van der Waals surface area contributed by atoms with Gasteiger partial charge >= 0.3 is 6.36 Å². The molecule has 1 amide bonds. The van der Waals surface area contributed by atoms with Gasteiger partial charge in [-0.1, -0.05) is 22.6 Å². The Hall–Kier alpha value is -3.48. The number of hydrogen-bond donors (Lipinski definition) is 1. The molecule has 0 saturated carbocycles. The fourth-order valence-corrected chi connectivity index (χ4v) is 4.27. The van der Waals surface area contributed by atoms with Crippen molar-refractivity contribution >= 4 is 5.91 Å². The van der Waals surface area contributed by atoms with E-state index < -0.39 is 12.3 Å². The van der Waals surface area contributed by atoms with Crippen molar-refractivity contribution in [1.82, 2.24) is 40.2 Å². The molecule has 0 aliphatic carbocycles. The molecule has 200 valence electrons. The van der Waals surface area contributed by atoms with Crippen LogP contribution < -0.4 is 10.1 Å². The number of aryl methyl sites for hydroxylation is 2. The van der Waals surface area contributed by atoms with Crippen LogP contribution in [-0.4, -0.2) is 67.3 Å². The van der Waals surface area contributed by atoms with Gasteiger partial charge in [0.25, 0.3) is 5.91 Å². The largest absolute Gasteiger partial charge is 0.573 e. The summed E-state index contributed by atoms with van der Waals surface area (Å²) in [6.45, 7) is 3.80. The zero-order valence-electron chi connectivity index (χ0n) is 20.7. The average Bonchev–Trinajstić information content (AvgIpc) is 3.51. The zero-order valence-corrected chi connectivity index (χ0v) is 20.7. The lowest BCUT2D eigenvalue weighted by Crippen LogP contribution is -2.32. The van der Waals surface area contributed by atoms with E-state index in [9.17, 15) is 18.0 Å². The van der Waals surface area contributed by atoms with Crippen LogP contribution in [0.15, 0.2) is 36.7 Å². The van der Waals surface area contributed by atoms with Gasteiger partial charge < -0.3 is 15.0 Å². The lowest BCUT2D eigenvalue weighted by molar-refractivity contribution is -0.274. The molecule has 10 nitrogen and oxygen atoms in total. The predicted octanol–water partition coefficient (Wildman–Crippen LogP) is 3.06. The fourth-order valence-electron chi connectivity index (χ4n) is 4.27. The quantitative estimate of drug-likeness (QED) is 0.388. The van der Waals surface area contributed by atoms with Gasteiger partial charge in [-0.3, -0.25) is 14.2 Å². The second-order valence-corrected chi connectivity index (χ2v) is 9.38. The number of ether oxygens (including phenoxy) is 1. The van der Waals surface area contributed by atoms with Crippen LogP contribution in [-0.2, 0) is 26.1 Å². The van der Waals surface area contributed by atoms with E-state index >= 15 is 0 Å². The van der Waals surface area contributed by atoms with E-state index in [-0.39, 0.29) is 18.0 Å². The van der Waals surface area contributed by atoms with Crippen molar-refractivity contribution in [2.75, 3.05) is 20.1 Å². The van der Waals surface area contributed by atoms with Gasteiger partial charge in [0.05, 0.1) is 11.9 Å². The highest BCUT2D eigenvalue weighted by atomic mass is 19.4. The first-order valence-corrected chi connectivity index (χ1v) is 12.3. The molecule has 1 aromatic carbocycles. The van der Waals surface area contributed by atoms with Crippen LogP contribution in [0, 0.1) is 5.92 Å². The Morgan fingerprint density at radius 2 is 1.89 bits per heavy atom. The van der Waals surface area contributed by atoms with Crippen LogP contribution in [0.25, 0.3) is 0 Å². The van der Waals surface area contributed by atoms with Gasteiger partial charge in [0, 0.05) is 25.8 Å². The molecule has 2 aromatic heterocycles. The lowest BCUT2D eigenvalue weighted by atomic mass is 9.97. The number of amides is 1. The van der Waals surface area contributed by atoms with Crippen molar-refractivity contribution in [3.05, 3.63) is 53.6 Å². The minimum atomic E-state index is -4.77. The first kappa shape index (κ1) is 26.6. The summed E-state index contributed by atoms with van der Waals surface area (Å²) in [5.74, 6) is -0.155. The molecule has 1 fully saturated rings. The second-order valence-electron chi connectivity index (χ2n) is 9.38. The van der Waals surface area contributed by atoms with Crippen molar-refractivity contribution in [2.24, 2.45) is 5.92 Å². The number of benzene rings is 1. The number of unbranched alkanes of at least 4 members (excludes halogenated alkanes) is 1. The molecule has 1 aliphatic rings. The number of halogens is 3. The van der Waals surface area contributed by atoms with E-state index in [4.69, 9.17) is 0 Å². The molecule has 0 atom stereocenters. The number of piperidine rings is 1. The smallest absolute Gasteiger partial charge is 0.406 e. The summed E-state index contributed by atoms with van der Waals surface area (Å²) in [5, 5.41) is 19.1. The first-order valence-electron chi connectivity index (χ1n) is 12.3. The van der Waals surface area contributed by atoms with Gasteiger partial charge in [-0.2, -0.15) is 0 Å². The Labute approximate surface area is 212 Å². The summed E-state index contributed by atoms with van der Waals surface area (Å²) in [7, 11) is 2.16. The summed E-state index contributed by atoms with van der Waals surface area (Å²) >= 11 is 0. The van der Waals surface area contributed by atoms with Crippen LogP contribution in [0.2, 0.25) is 0 Å². The number of alkyl halides is 3. The van der Waals surface area contributed by atoms with Crippen molar-refractivity contribution in [3.63, 3.8) is 0 Å². The van der Waals surface area contributed by atoms with Gasteiger partial charge in [0.1, 0.15) is 5.75 Å². The molecular weight excluding hydrogens is 489 g/mol. The van der Waals surface area contributed by atoms with Crippen LogP contribution in [0.4, 0.5) is 13.2 Å². The SMILES string of the molecule is CN1CCC(Cn2cc(CCCCn3cc(C(=O)NCc4cccc(OC(F)(F)F)c4)nn3)nn2)CC1. The molecule has 3 heterocycles. The molecule has 0 radical (unpaired) electrons. The van der Waals surface area contributed by atoms with Gasteiger partial charge in [0.15, 0.2) is 5.69 Å². The molecule has 1 saturated heterocycles. The van der Waals surface area contributed by atoms with Crippen molar-refractivity contribution < 1.29 is 22.7 Å². The van der Waals surface area contributed by atoms with Crippen LogP contribution in [0.3, 0.4) is 0 Å².